The van der Waals surface area contributed by atoms with Gasteiger partial charge in [0.15, 0.2) is 0 Å². The Morgan fingerprint density at radius 2 is 1.95 bits per heavy atom. The van der Waals surface area contributed by atoms with Gasteiger partial charge in [0.1, 0.15) is 0 Å². The Bertz CT molecular complexity index is 483. The number of nitrogens with zero attached hydrogens (tertiary/aromatic N) is 1. The average Bonchev–Trinajstić information content (AvgIpc) is 3.20. The molecule has 1 N–H and O–H groups in total. The van der Waals surface area contributed by atoms with Crippen LogP contribution in [0.15, 0.2) is 30.3 Å². The second-order valence-corrected chi connectivity index (χ2v) is 7.34. The highest BCUT2D eigenvalue weighted by Crippen LogP contribution is 2.18. The first-order valence-electron chi connectivity index (χ1n) is 6.79. The number of sulfonamides is 1. The van der Waals surface area contributed by atoms with Crippen molar-refractivity contribution in [1.82, 2.24) is 9.62 Å². The zero-order valence-electron chi connectivity index (χ0n) is 11.4. The van der Waals surface area contributed by atoms with E-state index in [0.717, 1.165) is 12.1 Å². The summed E-state index contributed by atoms with van der Waals surface area (Å²) in [5, 5.41) is 3.33. The fraction of sp³-hybridized carbons (Fsp3) is 0.571. The van der Waals surface area contributed by atoms with Gasteiger partial charge in [-0.3, -0.25) is 0 Å². The van der Waals surface area contributed by atoms with Gasteiger partial charge in [-0.1, -0.05) is 30.3 Å². The fourth-order valence-electron chi connectivity index (χ4n) is 1.94. The molecule has 0 saturated heterocycles. The van der Waals surface area contributed by atoms with Gasteiger partial charge in [-0.2, -0.15) is 0 Å². The molecule has 0 aromatic heterocycles. The van der Waals surface area contributed by atoms with Gasteiger partial charge in [-0.25, -0.2) is 12.7 Å². The average molecular weight is 282 g/mol. The van der Waals surface area contributed by atoms with E-state index in [4.69, 9.17) is 0 Å². The van der Waals surface area contributed by atoms with E-state index >= 15 is 0 Å². The van der Waals surface area contributed by atoms with Crippen LogP contribution >= 0.6 is 0 Å². The van der Waals surface area contributed by atoms with Gasteiger partial charge in [0.2, 0.25) is 10.0 Å². The molecule has 1 aromatic carbocycles. The number of rotatable bonds is 8. The molecular weight excluding hydrogens is 260 g/mol. The Hall–Kier alpha value is -0.910. The van der Waals surface area contributed by atoms with Gasteiger partial charge in [-0.15, -0.1) is 0 Å². The summed E-state index contributed by atoms with van der Waals surface area (Å²) in [7, 11) is -1.49. The van der Waals surface area contributed by atoms with Crippen molar-refractivity contribution < 1.29 is 8.42 Å². The monoisotopic (exact) mass is 282 g/mol. The highest BCUT2D eigenvalue weighted by Gasteiger charge is 2.21. The highest BCUT2D eigenvalue weighted by molar-refractivity contribution is 7.89. The maximum Gasteiger partial charge on any atom is 0.214 e. The van der Waals surface area contributed by atoms with Crippen LogP contribution in [0, 0.1) is 0 Å². The summed E-state index contributed by atoms with van der Waals surface area (Å²) in [5.41, 5.74) is 1.02. The van der Waals surface area contributed by atoms with Crippen LogP contribution in [0.2, 0.25) is 0 Å². The van der Waals surface area contributed by atoms with Crippen molar-refractivity contribution in [2.24, 2.45) is 0 Å². The zero-order valence-corrected chi connectivity index (χ0v) is 12.2. The van der Waals surface area contributed by atoms with Gasteiger partial charge in [0, 0.05) is 19.6 Å². The molecule has 5 heteroatoms. The molecule has 1 fully saturated rings. The van der Waals surface area contributed by atoms with Crippen molar-refractivity contribution in [2.45, 2.75) is 31.8 Å². The van der Waals surface area contributed by atoms with Gasteiger partial charge < -0.3 is 5.32 Å². The van der Waals surface area contributed by atoms with E-state index in [0.29, 0.717) is 19.0 Å². The molecule has 0 atom stereocenters. The second kappa shape index (κ2) is 6.50. The minimum atomic E-state index is -3.14. The van der Waals surface area contributed by atoms with Crippen molar-refractivity contribution >= 4 is 10.0 Å². The predicted octanol–water partition coefficient (Wildman–Crippen LogP) is 1.59. The van der Waals surface area contributed by atoms with Crippen LogP contribution < -0.4 is 5.32 Å². The van der Waals surface area contributed by atoms with Crippen LogP contribution in [-0.4, -0.2) is 38.1 Å². The quantitative estimate of drug-likeness (QED) is 0.737. The Balaban J connectivity index is 1.77. The molecular formula is C14H22N2O2S. The van der Waals surface area contributed by atoms with Crippen LogP contribution in [0.1, 0.15) is 24.8 Å². The Labute approximate surface area is 115 Å². The highest BCUT2D eigenvalue weighted by atomic mass is 32.2. The molecule has 0 radical (unpaired) electrons. The van der Waals surface area contributed by atoms with Crippen molar-refractivity contribution in [3.05, 3.63) is 35.9 Å². The summed E-state index contributed by atoms with van der Waals surface area (Å²) in [4.78, 5) is 0. The van der Waals surface area contributed by atoms with E-state index in [1.807, 2.05) is 30.3 Å². The minimum Gasteiger partial charge on any atom is -0.314 e. The molecule has 1 saturated carbocycles. The van der Waals surface area contributed by atoms with Crippen LogP contribution in [0.4, 0.5) is 0 Å². The predicted molar refractivity (Wildman–Crippen MR) is 77.3 cm³/mol. The molecule has 106 valence electrons. The lowest BCUT2D eigenvalue weighted by Crippen LogP contribution is -2.30. The molecule has 1 aromatic rings. The van der Waals surface area contributed by atoms with E-state index < -0.39 is 10.0 Å². The molecule has 0 aliphatic heterocycles. The van der Waals surface area contributed by atoms with E-state index in [9.17, 15) is 8.42 Å². The van der Waals surface area contributed by atoms with Crippen molar-refractivity contribution in [3.8, 4) is 0 Å². The first kappa shape index (κ1) is 14.5. The molecule has 0 amide bonds. The molecule has 0 bridgehead atoms. The standard InChI is InChI=1S/C14H22N2O2S/c1-16(12-13-6-3-2-4-7-13)19(17,18)11-5-10-15-14-8-9-14/h2-4,6-7,14-15H,5,8-12H2,1H3. The first-order chi connectivity index (χ1) is 9.08. The Morgan fingerprint density at radius 3 is 2.58 bits per heavy atom. The van der Waals surface area contributed by atoms with Gasteiger partial charge in [-0.05, 0) is 31.4 Å². The van der Waals surface area contributed by atoms with E-state index in [1.165, 1.54) is 17.1 Å². The van der Waals surface area contributed by atoms with Gasteiger partial charge >= 0.3 is 0 Å². The molecule has 0 spiro atoms. The van der Waals surface area contributed by atoms with E-state index in [-0.39, 0.29) is 5.75 Å². The molecule has 0 unspecified atom stereocenters. The van der Waals surface area contributed by atoms with Crippen molar-refractivity contribution in [3.63, 3.8) is 0 Å². The normalized spacial score (nSPS) is 15.9. The molecule has 1 aliphatic carbocycles. The van der Waals surface area contributed by atoms with Crippen LogP contribution in [0.3, 0.4) is 0 Å². The third-order valence-electron chi connectivity index (χ3n) is 3.31. The van der Waals surface area contributed by atoms with Crippen LogP contribution in [-0.2, 0) is 16.6 Å². The van der Waals surface area contributed by atoms with Crippen molar-refractivity contribution in [1.29, 1.82) is 0 Å². The lowest BCUT2D eigenvalue weighted by atomic mass is 10.2. The number of nitrogens with one attached hydrogen (secondary N) is 1. The smallest absolute Gasteiger partial charge is 0.214 e. The van der Waals surface area contributed by atoms with Gasteiger partial charge in [0.05, 0.1) is 5.75 Å². The maximum atomic E-state index is 12.1. The first-order valence-corrected chi connectivity index (χ1v) is 8.40. The molecule has 19 heavy (non-hydrogen) atoms. The topological polar surface area (TPSA) is 49.4 Å². The van der Waals surface area contributed by atoms with E-state index in [1.54, 1.807) is 7.05 Å². The summed E-state index contributed by atoms with van der Waals surface area (Å²) in [6.45, 7) is 1.24. The number of hydrogen-bond acceptors (Lipinski definition) is 3. The third-order valence-corrected chi connectivity index (χ3v) is 5.20. The SMILES string of the molecule is CN(Cc1ccccc1)S(=O)(=O)CCCNC1CC1. The van der Waals surface area contributed by atoms with E-state index in [2.05, 4.69) is 5.32 Å². The largest absolute Gasteiger partial charge is 0.314 e. The molecule has 2 rings (SSSR count). The number of hydrogen-bond donors (Lipinski definition) is 1. The molecule has 4 nitrogen and oxygen atoms in total. The lowest BCUT2D eigenvalue weighted by molar-refractivity contribution is 0.464. The maximum absolute atomic E-state index is 12.1. The van der Waals surface area contributed by atoms with Crippen molar-refractivity contribution in [2.75, 3.05) is 19.3 Å². The van der Waals surface area contributed by atoms with Crippen LogP contribution in [0.5, 0.6) is 0 Å². The lowest BCUT2D eigenvalue weighted by Gasteiger charge is -2.17. The summed E-state index contributed by atoms with van der Waals surface area (Å²) in [6, 6.07) is 10.3. The van der Waals surface area contributed by atoms with Crippen LogP contribution in [0.25, 0.3) is 0 Å². The summed E-state index contributed by atoms with van der Waals surface area (Å²) >= 11 is 0. The Morgan fingerprint density at radius 1 is 1.26 bits per heavy atom. The zero-order chi connectivity index (χ0) is 13.7. The molecule has 0 heterocycles. The molecule has 1 aliphatic rings. The Kier molecular flexibility index (Phi) is 4.96. The number of benzene rings is 1. The summed E-state index contributed by atoms with van der Waals surface area (Å²) in [5.74, 6) is 0.218. The minimum absolute atomic E-state index is 0.218. The summed E-state index contributed by atoms with van der Waals surface area (Å²) < 4.78 is 25.6. The van der Waals surface area contributed by atoms with Gasteiger partial charge in [0.25, 0.3) is 0 Å². The third kappa shape index (κ3) is 4.93. The fourth-order valence-corrected chi connectivity index (χ4v) is 3.11. The summed E-state index contributed by atoms with van der Waals surface area (Å²) in [6.07, 6.45) is 3.15. The second-order valence-electron chi connectivity index (χ2n) is 5.14.